The molecule has 3 aromatic rings. The molecule has 0 spiro atoms. The van der Waals surface area contributed by atoms with Crippen LogP contribution < -0.4 is 10.0 Å². The van der Waals surface area contributed by atoms with E-state index in [4.69, 9.17) is 0 Å². The minimum Gasteiger partial charge on any atom is -0.322 e. The van der Waals surface area contributed by atoms with Gasteiger partial charge >= 0.3 is 0 Å². The number of aryl methyl sites for hydroxylation is 2. The summed E-state index contributed by atoms with van der Waals surface area (Å²) in [6.45, 7) is 7.39. The molecule has 5 nitrogen and oxygen atoms in total. The van der Waals surface area contributed by atoms with Crippen LogP contribution in [0.1, 0.15) is 35.3 Å². The predicted octanol–water partition coefficient (Wildman–Crippen LogP) is 5.37. The lowest BCUT2D eigenvalue weighted by Crippen LogP contribution is -2.22. The zero-order valence-corrected chi connectivity index (χ0v) is 18.4. The van der Waals surface area contributed by atoms with E-state index in [9.17, 15) is 13.2 Å². The zero-order valence-electron chi connectivity index (χ0n) is 17.6. The Kier molecular flexibility index (Phi) is 6.27. The van der Waals surface area contributed by atoms with Crippen molar-refractivity contribution >= 4 is 27.3 Å². The van der Waals surface area contributed by atoms with Crippen molar-refractivity contribution in [2.24, 2.45) is 0 Å². The third-order valence-corrected chi connectivity index (χ3v) is 6.77. The number of hydrogen-bond acceptors (Lipinski definition) is 3. The van der Waals surface area contributed by atoms with E-state index >= 15 is 0 Å². The van der Waals surface area contributed by atoms with Crippen molar-refractivity contribution in [3.63, 3.8) is 0 Å². The SMILES string of the molecule is Cc1ccc(-c2ccc(NC(=O)c3ccc(NS(=O)(=O)C(C)C)cc3)cc2)cc1C. The molecular weight excluding hydrogens is 396 g/mol. The van der Waals surface area contributed by atoms with Crippen molar-refractivity contribution in [3.8, 4) is 11.1 Å². The maximum absolute atomic E-state index is 12.5. The topological polar surface area (TPSA) is 75.3 Å². The second-order valence-electron chi connectivity index (χ2n) is 7.60. The van der Waals surface area contributed by atoms with Gasteiger partial charge in [0.2, 0.25) is 10.0 Å². The second kappa shape index (κ2) is 8.71. The zero-order chi connectivity index (χ0) is 21.9. The summed E-state index contributed by atoms with van der Waals surface area (Å²) in [5.74, 6) is -0.257. The number of rotatable bonds is 6. The first-order valence-corrected chi connectivity index (χ1v) is 11.3. The number of carbonyl (C=O) groups excluding carboxylic acids is 1. The molecule has 0 aromatic heterocycles. The molecule has 3 aromatic carbocycles. The van der Waals surface area contributed by atoms with Crippen LogP contribution >= 0.6 is 0 Å². The average Bonchev–Trinajstić information content (AvgIpc) is 2.71. The highest BCUT2D eigenvalue weighted by atomic mass is 32.2. The summed E-state index contributed by atoms with van der Waals surface area (Å²) in [5, 5.41) is 2.33. The van der Waals surface area contributed by atoms with Gasteiger partial charge in [-0.3, -0.25) is 9.52 Å². The van der Waals surface area contributed by atoms with E-state index in [1.807, 2.05) is 24.3 Å². The maximum Gasteiger partial charge on any atom is 0.255 e. The van der Waals surface area contributed by atoms with E-state index in [0.29, 0.717) is 16.9 Å². The molecule has 0 atom stereocenters. The third kappa shape index (κ3) is 5.07. The smallest absolute Gasteiger partial charge is 0.255 e. The van der Waals surface area contributed by atoms with Gasteiger partial charge < -0.3 is 5.32 Å². The maximum atomic E-state index is 12.5. The van der Waals surface area contributed by atoms with Crippen LogP contribution in [0.15, 0.2) is 66.7 Å². The van der Waals surface area contributed by atoms with Gasteiger partial charge in [-0.2, -0.15) is 0 Å². The highest BCUT2D eigenvalue weighted by molar-refractivity contribution is 7.93. The standard InChI is InChI=1S/C24H26N2O3S/c1-16(2)30(28,29)26-23-13-9-20(10-14-23)24(27)25-22-11-7-19(8-12-22)21-6-5-17(3)18(4)15-21/h5-16,26H,1-4H3,(H,25,27). The Labute approximate surface area is 178 Å². The molecule has 0 unspecified atom stereocenters. The summed E-state index contributed by atoms with van der Waals surface area (Å²) in [6.07, 6.45) is 0. The van der Waals surface area contributed by atoms with Gasteiger partial charge in [-0.15, -0.1) is 0 Å². The molecule has 0 aliphatic heterocycles. The van der Waals surface area contributed by atoms with Gasteiger partial charge in [0, 0.05) is 16.9 Å². The highest BCUT2D eigenvalue weighted by Crippen LogP contribution is 2.24. The van der Waals surface area contributed by atoms with Crippen LogP contribution in [-0.4, -0.2) is 19.6 Å². The molecule has 6 heteroatoms. The monoisotopic (exact) mass is 422 g/mol. The Morgan fingerprint density at radius 1 is 0.767 bits per heavy atom. The Morgan fingerprint density at radius 3 is 1.90 bits per heavy atom. The molecule has 2 N–H and O–H groups in total. The van der Waals surface area contributed by atoms with Crippen molar-refractivity contribution in [3.05, 3.63) is 83.4 Å². The summed E-state index contributed by atoms with van der Waals surface area (Å²) >= 11 is 0. The molecule has 0 saturated heterocycles. The lowest BCUT2D eigenvalue weighted by Gasteiger charge is -2.11. The fourth-order valence-electron chi connectivity index (χ4n) is 2.84. The summed E-state index contributed by atoms with van der Waals surface area (Å²) in [7, 11) is -3.42. The number of anilines is 2. The van der Waals surface area contributed by atoms with E-state index in [1.165, 1.54) is 11.1 Å². The number of sulfonamides is 1. The van der Waals surface area contributed by atoms with Crippen molar-refractivity contribution in [2.75, 3.05) is 10.0 Å². The van der Waals surface area contributed by atoms with E-state index in [0.717, 1.165) is 11.1 Å². The summed E-state index contributed by atoms with van der Waals surface area (Å²) in [5.41, 5.74) is 6.28. The first kappa shape index (κ1) is 21.6. The van der Waals surface area contributed by atoms with Crippen LogP contribution in [0.5, 0.6) is 0 Å². The Bertz CT molecular complexity index is 1150. The van der Waals surface area contributed by atoms with Crippen LogP contribution in [-0.2, 0) is 10.0 Å². The van der Waals surface area contributed by atoms with Crippen molar-refractivity contribution in [1.82, 2.24) is 0 Å². The molecule has 0 bridgehead atoms. The third-order valence-electron chi connectivity index (χ3n) is 5.01. The minimum atomic E-state index is -3.42. The largest absolute Gasteiger partial charge is 0.322 e. The van der Waals surface area contributed by atoms with Crippen molar-refractivity contribution < 1.29 is 13.2 Å². The summed E-state index contributed by atoms with van der Waals surface area (Å²) < 4.78 is 26.4. The lowest BCUT2D eigenvalue weighted by atomic mass is 10.0. The first-order valence-electron chi connectivity index (χ1n) is 9.76. The van der Waals surface area contributed by atoms with Gasteiger partial charge in [0.1, 0.15) is 0 Å². The Hall–Kier alpha value is -3.12. The van der Waals surface area contributed by atoms with E-state index in [1.54, 1.807) is 38.1 Å². The molecule has 0 saturated carbocycles. The fourth-order valence-corrected chi connectivity index (χ4v) is 3.54. The number of amides is 1. The van der Waals surface area contributed by atoms with E-state index < -0.39 is 15.3 Å². The molecule has 0 heterocycles. The van der Waals surface area contributed by atoms with Crippen molar-refractivity contribution in [2.45, 2.75) is 32.9 Å². The molecule has 3 rings (SSSR count). The Balaban J connectivity index is 1.68. The molecule has 0 aliphatic rings. The van der Waals surface area contributed by atoms with Gasteiger partial charge in [0.25, 0.3) is 5.91 Å². The van der Waals surface area contributed by atoms with E-state index in [-0.39, 0.29) is 5.91 Å². The predicted molar refractivity (Wildman–Crippen MR) is 123 cm³/mol. The van der Waals surface area contributed by atoms with Crippen LogP contribution in [0.25, 0.3) is 11.1 Å². The van der Waals surface area contributed by atoms with Gasteiger partial charge in [-0.25, -0.2) is 8.42 Å². The fraction of sp³-hybridized carbons (Fsp3) is 0.208. The summed E-state index contributed by atoms with van der Waals surface area (Å²) in [4.78, 5) is 12.5. The van der Waals surface area contributed by atoms with Gasteiger partial charge in [-0.1, -0.05) is 30.3 Å². The molecule has 30 heavy (non-hydrogen) atoms. The second-order valence-corrected chi connectivity index (χ2v) is 9.84. The van der Waals surface area contributed by atoms with Gasteiger partial charge in [0.15, 0.2) is 0 Å². The molecule has 0 aliphatic carbocycles. The summed E-state index contributed by atoms with van der Waals surface area (Å²) in [6, 6.07) is 20.4. The molecule has 1 amide bonds. The van der Waals surface area contributed by atoms with Crippen LogP contribution in [0.2, 0.25) is 0 Å². The molecule has 0 radical (unpaired) electrons. The molecule has 0 fully saturated rings. The Morgan fingerprint density at radius 2 is 1.33 bits per heavy atom. The number of nitrogens with one attached hydrogen (secondary N) is 2. The highest BCUT2D eigenvalue weighted by Gasteiger charge is 2.15. The number of carbonyl (C=O) groups is 1. The minimum absolute atomic E-state index is 0.257. The van der Waals surface area contributed by atoms with Gasteiger partial charge in [0.05, 0.1) is 5.25 Å². The average molecular weight is 423 g/mol. The van der Waals surface area contributed by atoms with Crippen LogP contribution in [0.3, 0.4) is 0 Å². The normalized spacial score (nSPS) is 11.4. The van der Waals surface area contributed by atoms with Gasteiger partial charge in [-0.05, 0) is 86.3 Å². The molecule has 156 valence electrons. The van der Waals surface area contributed by atoms with Crippen LogP contribution in [0.4, 0.5) is 11.4 Å². The number of benzene rings is 3. The van der Waals surface area contributed by atoms with E-state index in [2.05, 4.69) is 42.1 Å². The molecular formula is C24H26N2O3S. The quantitative estimate of drug-likeness (QED) is 0.560. The first-order chi connectivity index (χ1) is 14.2. The van der Waals surface area contributed by atoms with Crippen LogP contribution in [0, 0.1) is 13.8 Å². The van der Waals surface area contributed by atoms with Crippen molar-refractivity contribution in [1.29, 1.82) is 0 Å². The lowest BCUT2D eigenvalue weighted by molar-refractivity contribution is 0.102. The number of hydrogen-bond donors (Lipinski definition) is 2.